The molecule has 1 rings (SSSR count). The van der Waals surface area contributed by atoms with Gasteiger partial charge in [0.15, 0.2) is 11.5 Å². The van der Waals surface area contributed by atoms with Crippen molar-refractivity contribution >= 4 is 0 Å². The molecule has 0 fully saturated rings. The van der Waals surface area contributed by atoms with Gasteiger partial charge in [-0.15, -0.1) is 6.58 Å². The van der Waals surface area contributed by atoms with Gasteiger partial charge in [-0.25, -0.2) is 0 Å². The van der Waals surface area contributed by atoms with Gasteiger partial charge in [-0.1, -0.05) is 12.1 Å². The maximum absolute atomic E-state index is 8.66. The molecule has 3 heteroatoms. The fraction of sp³-hybridized carbons (Fsp3) is 0.385. The number of aliphatic hydroxyl groups excluding tert-OH is 1. The van der Waals surface area contributed by atoms with E-state index in [1.54, 1.807) is 7.11 Å². The number of benzene rings is 1. The Morgan fingerprint density at radius 2 is 2.19 bits per heavy atom. The second-order valence-corrected chi connectivity index (χ2v) is 3.40. The molecular formula is C13H18O3. The van der Waals surface area contributed by atoms with Gasteiger partial charge in [-0.3, -0.25) is 0 Å². The third-order valence-corrected chi connectivity index (χ3v) is 2.17. The highest BCUT2D eigenvalue weighted by Gasteiger charge is 2.04. The first-order chi connectivity index (χ1) is 7.81. The van der Waals surface area contributed by atoms with E-state index in [0.29, 0.717) is 18.8 Å². The van der Waals surface area contributed by atoms with Crippen molar-refractivity contribution in [1.29, 1.82) is 0 Å². The molecule has 0 aromatic heterocycles. The van der Waals surface area contributed by atoms with Crippen LogP contribution in [0, 0.1) is 0 Å². The fourth-order valence-corrected chi connectivity index (χ4v) is 1.37. The molecule has 0 spiro atoms. The van der Waals surface area contributed by atoms with Crippen molar-refractivity contribution in [3.8, 4) is 11.5 Å². The maximum atomic E-state index is 8.66. The Hall–Kier alpha value is -1.48. The smallest absolute Gasteiger partial charge is 0.161 e. The Morgan fingerprint density at radius 1 is 1.38 bits per heavy atom. The van der Waals surface area contributed by atoms with Crippen molar-refractivity contribution in [3.05, 3.63) is 36.4 Å². The average molecular weight is 222 g/mol. The number of hydrogen-bond donors (Lipinski definition) is 1. The minimum Gasteiger partial charge on any atom is -0.493 e. The van der Waals surface area contributed by atoms with Gasteiger partial charge in [0.25, 0.3) is 0 Å². The third kappa shape index (κ3) is 3.59. The lowest BCUT2D eigenvalue weighted by Gasteiger charge is -2.11. The van der Waals surface area contributed by atoms with Crippen LogP contribution in [0.4, 0.5) is 0 Å². The van der Waals surface area contributed by atoms with Crippen LogP contribution in [0.3, 0.4) is 0 Å². The van der Waals surface area contributed by atoms with Crippen LogP contribution < -0.4 is 9.47 Å². The second kappa shape index (κ2) is 6.90. The molecule has 1 aromatic carbocycles. The molecule has 0 radical (unpaired) electrons. The summed E-state index contributed by atoms with van der Waals surface area (Å²) in [6.45, 7) is 4.32. The Labute approximate surface area is 96.3 Å². The molecule has 16 heavy (non-hydrogen) atoms. The lowest BCUT2D eigenvalue weighted by Crippen LogP contribution is -2.01. The van der Waals surface area contributed by atoms with E-state index >= 15 is 0 Å². The van der Waals surface area contributed by atoms with Crippen LogP contribution >= 0.6 is 0 Å². The van der Waals surface area contributed by atoms with Gasteiger partial charge in [0, 0.05) is 13.0 Å². The molecule has 1 N–H and O–H groups in total. The molecule has 0 aliphatic carbocycles. The summed E-state index contributed by atoms with van der Waals surface area (Å²) >= 11 is 0. The van der Waals surface area contributed by atoms with Crippen molar-refractivity contribution in [3.63, 3.8) is 0 Å². The number of ether oxygens (including phenoxy) is 2. The monoisotopic (exact) mass is 222 g/mol. The molecule has 3 nitrogen and oxygen atoms in total. The van der Waals surface area contributed by atoms with Gasteiger partial charge in [-0.05, 0) is 24.1 Å². The van der Waals surface area contributed by atoms with Gasteiger partial charge in [0.1, 0.15) is 0 Å². The first-order valence-electron chi connectivity index (χ1n) is 5.33. The van der Waals surface area contributed by atoms with Gasteiger partial charge in [-0.2, -0.15) is 0 Å². The molecule has 0 heterocycles. The molecule has 0 aliphatic heterocycles. The van der Waals surface area contributed by atoms with Crippen molar-refractivity contribution in [2.75, 3.05) is 20.3 Å². The zero-order chi connectivity index (χ0) is 11.8. The summed E-state index contributed by atoms with van der Waals surface area (Å²) in [4.78, 5) is 0. The summed E-state index contributed by atoms with van der Waals surface area (Å²) in [7, 11) is 1.62. The number of hydrogen-bond acceptors (Lipinski definition) is 3. The maximum Gasteiger partial charge on any atom is 0.161 e. The first-order valence-corrected chi connectivity index (χ1v) is 5.33. The summed E-state index contributed by atoms with van der Waals surface area (Å²) in [6, 6.07) is 5.81. The average Bonchev–Trinajstić information content (AvgIpc) is 2.31. The lowest BCUT2D eigenvalue weighted by atomic mass is 10.1. The largest absolute Gasteiger partial charge is 0.493 e. The fourth-order valence-electron chi connectivity index (χ4n) is 1.37. The second-order valence-electron chi connectivity index (χ2n) is 3.40. The Balaban J connectivity index is 2.72. The van der Waals surface area contributed by atoms with Gasteiger partial charge >= 0.3 is 0 Å². The first kappa shape index (κ1) is 12.6. The van der Waals surface area contributed by atoms with Gasteiger partial charge in [0.2, 0.25) is 0 Å². The highest BCUT2D eigenvalue weighted by Crippen LogP contribution is 2.28. The molecule has 0 saturated heterocycles. The SMILES string of the molecule is C=CCc1ccc(OCCCO)c(OC)c1. The van der Waals surface area contributed by atoms with Crippen LogP contribution in [-0.2, 0) is 6.42 Å². The molecule has 0 unspecified atom stereocenters. The molecule has 0 amide bonds. The van der Waals surface area contributed by atoms with E-state index in [9.17, 15) is 0 Å². The predicted molar refractivity (Wildman–Crippen MR) is 64.1 cm³/mol. The van der Waals surface area contributed by atoms with E-state index in [2.05, 4.69) is 6.58 Å². The van der Waals surface area contributed by atoms with Crippen LogP contribution in [0.5, 0.6) is 11.5 Å². The summed E-state index contributed by atoms with van der Waals surface area (Å²) in [5, 5.41) is 8.66. The quantitative estimate of drug-likeness (QED) is 0.567. The van der Waals surface area contributed by atoms with Gasteiger partial charge in [0.05, 0.1) is 13.7 Å². The van der Waals surface area contributed by atoms with E-state index in [-0.39, 0.29) is 6.61 Å². The normalized spacial score (nSPS) is 9.88. The van der Waals surface area contributed by atoms with E-state index in [1.165, 1.54) is 0 Å². The summed E-state index contributed by atoms with van der Waals surface area (Å²) < 4.78 is 10.7. The highest BCUT2D eigenvalue weighted by molar-refractivity contribution is 5.43. The summed E-state index contributed by atoms with van der Waals surface area (Å²) in [5.74, 6) is 1.43. The van der Waals surface area contributed by atoms with Crippen LogP contribution in [0.15, 0.2) is 30.9 Å². The van der Waals surface area contributed by atoms with E-state index in [1.807, 2.05) is 24.3 Å². The molecule has 0 aliphatic rings. The van der Waals surface area contributed by atoms with Gasteiger partial charge < -0.3 is 14.6 Å². The van der Waals surface area contributed by atoms with E-state index in [4.69, 9.17) is 14.6 Å². The molecule has 1 aromatic rings. The zero-order valence-corrected chi connectivity index (χ0v) is 9.61. The minimum absolute atomic E-state index is 0.136. The molecular weight excluding hydrogens is 204 g/mol. The van der Waals surface area contributed by atoms with Crippen molar-refractivity contribution in [1.82, 2.24) is 0 Å². The summed E-state index contributed by atoms with van der Waals surface area (Å²) in [6.07, 6.45) is 3.28. The van der Waals surface area contributed by atoms with Crippen LogP contribution in [0.1, 0.15) is 12.0 Å². The summed E-state index contributed by atoms with van der Waals surface area (Å²) in [5.41, 5.74) is 1.14. The molecule has 0 atom stereocenters. The topological polar surface area (TPSA) is 38.7 Å². The molecule has 88 valence electrons. The predicted octanol–water partition coefficient (Wildman–Crippen LogP) is 2.18. The van der Waals surface area contributed by atoms with Crippen molar-refractivity contribution in [2.45, 2.75) is 12.8 Å². The number of allylic oxidation sites excluding steroid dienone is 1. The lowest BCUT2D eigenvalue weighted by molar-refractivity contribution is 0.228. The van der Waals surface area contributed by atoms with Crippen molar-refractivity contribution in [2.24, 2.45) is 0 Å². The molecule has 0 bridgehead atoms. The Morgan fingerprint density at radius 3 is 2.81 bits per heavy atom. The number of methoxy groups -OCH3 is 1. The van der Waals surface area contributed by atoms with Crippen LogP contribution in [0.25, 0.3) is 0 Å². The van der Waals surface area contributed by atoms with Crippen LogP contribution in [-0.4, -0.2) is 25.4 Å². The van der Waals surface area contributed by atoms with Crippen LogP contribution in [0.2, 0.25) is 0 Å². The van der Waals surface area contributed by atoms with E-state index in [0.717, 1.165) is 17.7 Å². The number of aliphatic hydroxyl groups is 1. The van der Waals surface area contributed by atoms with E-state index < -0.39 is 0 Å². The molecule has 0 saturated carbocycles. The highest BCUT2D eigenvalue weighted by atomic mass is 16.5. The standard InChI is InChI=1S/C13H18O3/c1-3-5-11-6-7-12(13(10-11)15-2)16-9-4-8-14/h3,6-7,10,14H,1,4-5,8-9H2,2H3. The van der Waals surface area contributed by atoms with Crippen molar-refractivity contribution < 1.29 is 14.6 Å². The Kier molecular flexibility index (Phi) is 5.43. The Bertz CT molecular complexity index is 334. The number of rotatable bonds is 7. The third-order valence-electron chi connectivity index (χ3n) is 2.17. The zero-order valence-electron chi connectivity index (χ0n) is 9.61. The minimum atomic E-state index is 0.136.